The molecule has 1 aromatic heterocycles. The van der Waals surface area contributed by atoms with E-state index in [-0.39, 0.29) is 17.1 Å². The molecule has 33 heavy (non-hydrogen) atoms. The minimum Gasteiger partial charge on any atom is -0.477 e. The number of piperidine rings is 1. The highest BCUT2D eigenvalue weighted by molar-refractivity contribution is 6.32. The van der Waals surface area contributed by atoms with Crippen LogP contribution >= 0.6 is 11.6 Å². The zero-order chi connectivity index (χ0) is 23.2. The van der Waals surface area contributed by atoms with E-state index in [1.165, 1.54) is 6.33 Å². The van der Waals surface area contributed by atoms with Gasteiger partial charge in [-0.1, -0.05) is 17.7 Å². The van der Waals surface area contributed by atoms with Crippen molar-refractivity contribution in [1.29, 1.82) is 0 Å². The van der Waals surface area contributed by atoms with E-state index < -0.39 is 0 Å². The molecule has 8 nitrogen and oxygen atoms in total. The number of amides is 1. The molecule has 2 aromatic rings. The smallest absolute Gasteiger partial charge is 0.410 e. The predicted octanol–water partition coefficient (Wildman–Crippen LogP) is 5.56. The molecule has 9 heteroatoms. The summed E-state index contributed by atoms with van der Waals surface area (Å²) in [4.78, 5) is 26.1. The maximum atomic E-state index is 12.4. The maximum Gasteiger partial charge on any atom is 0.410 e. The van der Waals surface area contributed by atoms with Crippen LogP contribution in [0.25, 0.3) is 4.85 Å². The number of likely N-dealkylation sites (tertiary alicyclic amines) is 1. The van der Waals surface area contributed by atoms with E-state index in [9.17, 15) is 4.79 Å². The van der Waals surface area contributed by atoms with Crippen LogP contribution in [-0.4, -0.2) is 46.3 Å². The van der Waals surface area contributed by atoms with E-state index in [1.807, 2.05) is 18.7 Å². The van der Waals surface area contributed by atoms with Gasteiger partial charge in [-0.25, -0.2) is 19.6 Å². The Morgan fingerprint density at radius 3 is 2.79 bits per heavy atom. The third-order valence-electron chi connectivity index (χ3n) is 6.96. The molecule has 1 aromatic carbocycles. The van der Waals surface area contributed by atoms with Gasteiger partial charge in [0.1, 0.15) is 17.7 Å². The highest BCUT2D eigenvalue weighted by Gasteiger charge is 2.58. The van der Waals surface area contributed by atoms with Crippen molar-refractivity contribution in [3.05, 3.63) is 46.5 Å². The van der Waals surface area contributed by atoms with Crippen LogP contribution in [0, 0.1) is 24.8 Å². The van der Waals surface area contributed by atoms with Crippen molar-refractivity contribution in [1.82, 2.24) is 14.9 Å². The van der Waals surface area contributed by atoms with Crippen molar-refractivity contribution in [3.8, 4) is 17.5 Å². The van der Waals surface area contributed by atoms with E-state index >= 15 is 0 Å². The van der Waals surface area contributed by atoms with Gasteiger partial charge >= 0.3 is 6.09 Å². The fraction of sp³-hybridized carbons (Fsp3) is 0.500. The van der Waals surface area contributed by atoms with Crippen LogP contribution < -0.4 is 9.47 Å². The lowest BCUT2D eigenvalue weighted by atomic mass is 9.96. The summed E-state index contributed by atoms with van der Waals surface area (Å²) in [6.07, 6.45) is 5.04. The highest BCUT2D eigenvalue weighted by atomic mass is 35.5. The van der Waals surface area contributed by atoms with Crippen molar-refractivity contribution >= 4 is 23.4 Å². The van der Waals surface area contributed by atoms with Crippen LogP contribution in [0.15, 0.2) is 24.5 Å². The second-order valence-electron chi connectivity index (χ2n) is 9.50. The molecule has 0 N–H and O–H groups in total. The second kappa shape index (κ2) is 8.07. The Kier molecular flexibility index (Phi) is 5.32. The van der Waals surface area contributed by atoms with E-state index in [2.05, 4.69) is 14.8 Å². The van der Waals surface area contributed by atoms with Gasteiger partial charge in [-0.15, -0.1) is 0 Å². The average molecular weight is 469 g/mol. The summed E-state index contributed by atoms with van der Waals surface area (Å²) in [7, 11) is 0. The minimum absolute atomic E-state index is 0.0809. The molecule has 2 atom stereocenters. The van der Waals surface area contributed by atoms with E-state index in [4.69, 9.17) is 32.4 Å². The topological polar surface area (TPSA) is 78.1 Å². The van der Waals surface area contributed by atoms with Crippen molar-refractivity contribution in [3.63, 3.8) is 0 Å². The predicted molar refractivity (Wildman–Crippen MR) is 121 cm³/mol. The van der Waals surface area contributed by atoms with Gasteiger partial charge in [0.25, 0.3) is 0 Å². The van der Waals surface area contributed by atoms with Gasteiger partial charge in [0.15, 0.2) is 5.69 Å². The number of rotatable bonds is 6. The first-order valence-corrected chi connectivity index (χ1v) is 11.5. The molecule has 1 saturated heterocycles. The highest BCUT2D eigenvalue weighted by Crippen LogP contribution is 2.58. The van der Waals surface area contributed by atoms with Crippen LogP contribution in [0.4, 0.5) is 10.5 Å². The largest absolute Gasteiger partial charge is 0.477 e. The number of nitrogens with zero attached hydrogens (tertiary/aromatic N) is 4. The van der Waals surface area contributed by atoms with Crippen molar-refractivity contribution in [2.45, 2.75) is 45.1 Å². The fourth-order valence-corrected chi connectivity index (χ4v) is 4.52. The molecule has 2 aliphatic carbocycles. The summed E-state index contributed by atoms with van der Waals surface area (Å²) in [6.45, 7) is 12.8. The van der Waals surface area contributed by atoms with Crippen LogP contribution in [-0.2, 0) is 4.74 Å². The van der Waals surface area contributed by atoms with Gasteiger partial charge in [-0.05, 0) is 57.6 Å². The van der Waals surface area contributed by atoms with Gasteiger partial charge in [-0.2, -0.15) is 0 Å². The number of hydrogen-bond donors (Lipinski definition) is 0. The molecule has 0 bridgehead atoms. The van der Waals surface area contributed by atoms with Gasteiger partial charge in [-0.3, -0.25) is 0 Å². The lowest BCUT2D eigenvalue weighted by Gasteiger charge is -2.31. The number of benzene rings is 1. The summed E-state index contributed by atoms with van der Waals surface area (Å²) in [5.41, 5.74) is 0.953. The first kappa shape index (κ1) is 21.8. The normalized spacial score (nSPS) is 24.3. The molecule has 3 fully saturated rings. The zero-order valence-electron chi connectivity index (χ0n) is 18.6. The van der Waals surface area contributed by atoms with Crippen LogP contribution in [0.5, 0.6) is 17.5 Å². The molecule has 1 amide bonds. The number of halogens is 1. The Labute approximate surface area is 197 Å². The summed E-state index contributed by atoms with van der Waals surface area (Å²) in [6, 6.07) is 4.84. The van der Waals surface area contributed by atoms with Crippen molar-refractivity contribution < 1.29 is 19.0 Å². The molecule has 2 heterocycles. The summed E-state index contributed by atoms with van der Waals surface area (Å²) in [5.74, 6) is 1.66. The van der Waals surface area contributed by atoms with Gasteiger partial charge in [0, 0.05) is 18.5 Å². The first-order valence-electron chi connectivity index (χ1n) is 11.1. The van der Waals surface area contributed by atoms with E-state index in [1.54, 1.807) is 18.2 Å². The van der Waals surface area contributed by atoms with E-state index in [0.717, 1.165) is 25.7 Å². The molecular formula is C24H25ClN4O4. The molecular weight excluding hydrogens is 444 g/mol. The molecule has 0 spiro atoms. The second-order valence-corrected chi connectivity index (χ2v) is 9.91. The molecule has 172 valence electrons. The van der Waals surface area contributed by atoms with Gasteiger partial charge in [0.2, 0.25) is 11.8 Å². The number of carbonyl (C=O) groups is 1. The number of carbonyl (C=O) groups excluding carboxylic acids is 1. The van der Waals surface area contributed by atoms with Crippen LogP contribution in [0.2, 0.25) is 5.02 Å². The van der Waals surface area contributed by atoms with E-state index in [0.29, 0.717) is 59.4 Å². The Morgan fingerprint density at radius 1 is 1.30 bits per heavy atom. The maximum absolute atomic E-state index is 12.4. The van der Waals surface area contributed by atoms with Crippen LogP contribution in [0.1, 0.15) is 38.2 Å². The lowest BCUT2D eigenvalue weighted by Crippen LogP contribution is -2.42. The summed E-state index contributed by atoms with van der Waals surface area (Å²) in [5, 5.41) is 0.338. The lowest BCUT2D eigenvalue weighted by molar-refractivity contribution is 0.0439. The molecule has 5 rings (SSSR count). The molecule has 2 unspecified atom stereocenters. The first-order chi connectivity index (χ1) is 15.8. The third-order valence-corrected chi connectivity index (χ3v) is 7.26. The van der Waals surface area contributed by atoms with Crippen molar-refractivity contribution in [2.24, 2.45) is 11.3 Å². The number of ether oxygens (including phenoxy) is 3. The number of hydrogen-bond acceptors (Lipinski definition) is 6. The van der Waals surface area contributed by atoms with Crippen molar-refractivity contribution in [2.75, 3.05) is 19.7 Å². The molecule has 3 aliphatic rings. The zero-order valence-corrected chi connectivity index (χ0v) is 19.4. The van der Waals surface area contributed by atoms with Crippen LogP contribution in [0.3, 0.4) is 0 Å². The number of fused-ring (bicyclic) bond motifs is 1. The third kappa shape index (κ3) is 4.42. The SMILES string of the molecule is [C-]#[N+]c1ccc(Oc2ncnc(OCC34CCN(C(=O)OC5(C)CC5)CC3C4)c2C)c(Cl)c1. The fourth-order valence-electron chi connectivity index (χ4n) is 4.30. The monoisotopic (exact) mass is 468 g/mol. The Bertz CT molecular complexity index is 1150. The summed E-state index contributed by atoms with van der Waals surface area (Å²) < 4.78 is 17.6. The average Bonchev–Trinajstić information content (AvgIpc) is 3.71. The Hall–Kier alpha value is -3.05. The molecule has 2 saturated carbocycles. The summed E-state index contributed by atoms with van der Waals surface area (Å²) >= 11 is 6.23. The minimum atomic E-state index is -0.244. The standard InChI is InChI=1S/C24H25ClN4O4/c1-15-20(27-14-28-21(15)32-19-5-4-17(26-3)10-18(19)25)31-13-24-8-9-29(12-16(24)11-24)22(30)33-23(2)6-7-23/h4-5,10,14,16H,6-9,11-13H2,1-2H3. The Balaban J connectivity index is 1.19. The quantitative estimate of drug-likeness (QED) is 0.516. The molecule has 1 aliphatic heterocycles. The number of aromatic nitrogens is 2. The van der Waals surface area contributed by atoms with Gasteiger partial charge < -0.3 is 19.1 Å². The Morgan fingerprint density at radius 2 is 2.09 bits per heavy atom. The van der Waals surface area contributed by atoms with Gasteiger partial charge in [0.05, 0.1) is 23.8 Å². The molecule has 0 radical (unpaired) electrons.